The fraction of sp³-hybridized carbons (Fsp3) is 0.812. The first-order chi connectivity index (χ1) is 9.43. The highest BCUT2D eigenvalue weighted by atomic mass is 15.3. The van der Waals surface area contributed by atoms with E-state index in [9.17, 15) is 0 Å². The molecule has 20 heavy (non-hydrogen) atoms. The van der Waals surface area contributed by atoms with Crippen LogP contribution in [0.2, 0.25) is 0 Å². The summed E-state index contributed by atoms with van der Waals surface area (Å²) in [5.74, 6) is 1.11. The van der Waals surface area contributed by atoms with Gasteiger partial charge in [0.15, 0.2) is 0 Å². The first kappa shape index (κ1) is 15.4. The molecule has 114 valence electrons. The van der Waals surface area contributed by atoms with Gasteiger partial charge in [0.2, 0.25) is 5.95 Å². The van der Waals surface area contributed by atoms with Crippen LogP contribution in [0.15, 0.2) is 6.20 Å². The van der Waals surface area contributed by atoms with Gasteiger partial charge in [0.1, 0.15) is 0 Å². The summed E-state index contributed by atoms with van der Waals surface area (Å²) >= 11 is 0. The lowest BCUT2D eigenvalue weighted by Gasteiger charge is -2.32. The average molecular weight is 278 g/mol. The van der Waals surface area contributed by atoms with Gasteiger partial charge in [-0.1, -0.05) is 33.1 Å². The molecule has 2 N–H and O–H groups in total. The SMILES string of the molecule is Cc1cn(C2CCCCC2)c(N(C)CC(C)(C)CN)n1. The molecule has 1 aliphatic carbocycles. The maximum absolute atomic E-state index is 5.86. The molecule has 0 aliphatic heterocycles. The van der Waals surface area contributed by atoms with Gasteiger partial charge in [-0.3, -0.25) is 0 Å². The van der Waals surface area contributed by atoms with E-state index in [1.165, 1.54) is 32.1 Å². The van der Waals surface area contributed by atoms with Crippen molar-refractivity contribution in [1.82, 2.24) is 9.55 Å². The van der Waals surface area contributed by atoms with Crippen LogP contribution in [-0.4, -0.2) is 29.7 Å². The third kappa shape index (κ3) is 3.54. The van der Waals surface area contributed by atoms with E-state index in [-0.39, 0.29) is 5.41 Å². The number of hydrogen-bond acceptors (Lipinski definition) is 3. The van der Waals surface area contributed by atoms with Gasteiger partial charge in [-0.05, 0) is 31.7 Å². The van der Waals surface area contributed by atoms with Gasteiger partial charge >= 0.3 is 0 Å². The molecule has 4 heteroatoms. The molecule has 1 fully saturated rings. The summed E-state index contributed by atoms with van der Waals surface area (Å²) in [4.78, 5) is 7.02. The van der Waals surface area contributed by atoms with Crippen molar-refractivity contribution in [1.29, 1.82) is 0 Å². The van der Waals surface area contributed by atoms with E-state index in [0.717, 1.165) is 18.2 Å². The summed E-state index contributed by atoms with van der Waals surface area (Å²) in [5, 5.41) is 0. The Balaban J connectivity index is 2.18. The van der Waals surface area contributed by atoms with Crippen LogP contribution in [-0.2, 0) is 0 Å². The molecule has 0 radical (unpaired) electrons. The van der Waals surface area contributed by atoms with Crippen molar-refractivity contribution >= 4 is 5.95 Å². The minimum atomic E-state index is 0.117. The molecule has 0 spiro atoms. The normalized spacial score (nSPS) is 17.4. The number of nitrogens with zero attached hydrogens (tertiary/aromatic N) is 3. The molecule has 0 atom stereocenters. The zero-order valence-electron chi connectivity index (χ0n) is 13.5. The molecule has 0 unspecified atom stereocenters. The molecule has 1 aliphatic rings. The number of rotatable bonds is 5. The second-order valence-corrected chi connectivity index (χ2v) is 7.11. The minimum Gasteiger partial charge on any atom is -0.345 e. The Morgan fingerprint density at radius 3 is 2.60 bits per heavy atom. The van der Waals surface area contributed by atoms with Crippen molar-refractivity contribution in [3.8, 4) is 0 Å². The maximum Gasteiger partial charge on any atom is 0.205 e. The van der Waals surface area contributed by atoms with E-state index in [2.05, 4.69) is 43.5 Å². The lowest BCUT2D eigenvalue weighted by Crippen LogP contribution is -2.38. The standard InChI is InChI=1S/C16H30N4/c1-13-10-20(14-8-6-5-7-9-14)15(18-13)19(4)12-16(2,3)11-17/h10,14H,5-9,11-12,17H2,1-4H3. The molecular formula is C16H30N4. The first-order valence-electron chi connectivity index (χ1n) is 7.89. The van der Waals surface area contributed by atoms with Gasteiger partial charge in [-0.2, -0.15) is 0 Å². The van der Waals surface area contributed by atoms with Crippen molar-refractivity contribution in [3.05, 3.63) is 11.9 Å². The van der Waals surface area contributed by atoms with Crippen molar-refractivity contribution in [2.75, 3.05) is 25.0 Å². The van der Waals surface area contributed by atoms with Crippen molar-refractivity contribution in [2.45, 2.75) is 58.9 Å². The molecule has 0 amide bonds. The average Bonchev–Trinajstić information content (AvgIpc) is 2.81. The van der Waals surface area contributed by atoms with Crippen LogP contribution in [0.4, 0.5) is 5.95 Å². The fourth-order valence-electron chi connectivity index (χ4n) is 3.19. The lowest BCUT2D eigenvalue weighted by molar-refractivity contribution is 0.345. The molecule has 0 aromatic carbocycles. The molecule has 1 aromatic heterocycles. The van der Waals surface area contributed by atoms with Crippen LogP contribution in [0.3, 0.4) is 0 Å². The molecule has 1 heterocycles. The number of imidazole rings is 1. The maximum atomic E-state index is 5.86. The highest BCUT2D eigenvalue weighted by Crippen LogP contribution is 2.32. The summed E-state index contributed by atoms with van der Waals surface area (Å²) in [6.45, 7) is 8.15. The Kier molecular flexibility index (Phi) is 4.74. The second kappa shape index (κ2) is 6.17. The Morgan fingerprint density at radius 1 is 1.35 bits per heavy atom. The highest BCUT2D eigenvalue weighted by Gasteiger charge is 2.24. The van der Waals surface area contributed by atoms with Crippen molar-refractivity contribution in [3.63, 3.8) is 0 Å². The summed E-state index contributed by atoms with van der Waals surface area (Å²) < 4.78 is 2.40. The van der Waals surface area contributed by atoms with E-state index in [0.29, 0.717) is 12.6 Å². The Morgan fingerprint density at radius 2 is 2.00 bits per heavy atom. The zero-order valence-corrected chi connectivity index (χ0v) is 13.5. The number of nitrogens with two attached hydrogens (primary N) is 1. The first-order valence-corrected chi connectivity index (χ1v) is 7.89. The molecular weight excluding hydrogens is 248 g/mol. The third-order valence-electron chi connectivity index (χ3n) is 4.36. The van der Waals surface area contributed by atoms with Gasteiger partial charge in [-0.15, -0.1) is 0 Å². The van der Waals surface area contributed by atoms with Gasteiger partial charge in [0.05, 0.1) is 5.69 Å². The summed E-state index contributed by atoms with van der Waals surface area (Å²) in [6.07, 6.45) is 8.87. The van der Waals surface area contributed by atoms with Crippen LogP contribution in [0, 0.1) is 12.3 Å². The summed E-state index contributed by atoms with van der Waals surface area (Å²) in [6, 6.07) is 0.628. The number of anilines is 1. The summed E-state index contributed by atoms with van der Waals surface area (Å²) in [7, 11) is 2.14. The van der Waals surface area contributed by atoms with E-state index in [4.69, 9.17) is 10.7 Å². The fourth-order valence-corrected chi connectivity index (χ4v) is 3.19. The lowest BCUT2D eigenvalue weighted by atomic mass is 9.93. The van der Waals surface area contributed by atoms with Crippen LogP contribution >= 0.6 is 0 Å². The predicted octanol–water partition coefficient (Wildman–Crippen LogP) is 3.12. The van der Waals surface area contributed by atoms with Crippen molar-refractivity contribution < 1.29 is 0 Å². The second-order valence-electron chi connectivity index (χ2n) is 7.11. The van der Waals surface area contributed by atoms with E-state index in [1.807, 2.05) is 0 Å². The molecule has 1 saturated carbocycles. The van der Waals surface area contributed by atoms with E-state index < -0.39 is 0 Å². The van der Waals surface area contributed by atoms with Gasteiger partial charge in [0.25, 0.3) is 0 Å². The molecule has 4 nitrogen and oxygen atoms in total. The zero-order chi connectivity index (χ0) is 14.8. The molecule has 0 saturated heterocycles. The van der Waals surface area contributed by atoms with E-state index in [1.54, 1.807) is 0 Å². The largest absolute Gasteiger partial charge is 0.345 e. The smallest absolute Gasteiger partial charge is 0.205 e. The third-order valence-corrected chi connectivity index (χ3v) is 4.36. The van der Waals surface area contributed by atoms with Crippen molar-refractivity contribution in [2.24, 2.45) is 11.1 Å². The Bertz CT molecular complexity index is 430. The number of aromatic nitrogens is 2. The van der Waals surface area contributed by atoms with Gasteiger partial charge in [-0.25, -0.2) is 4.98 Å². The molecule has 2 rings (SSSR count). The van der Waals surface area contributed by atoms with Crippen LogP contribution in [0.25, 0.3) is 0 Å². The van der Waals surface area contributed by atoms with Gasteiger partial charge in [0, 0.05) is 25.8 Å². The molecule has 1 aromatic rings. The Hall–Kier alpha value is -1.03. The van der Waals surface area contributed by atoms with Crippen LogP contribution in [0.1, 0.15) is 57.7 Å². The number of aryl methyl sites for hydroxylation is 1. The predicted molar refractivity (Wildman–Crippen MR) is 85.2 cm³/mol. The minimum absolute atomic E-state index is 0.117. The monoisotopic (exact) mass is 278 g/mol. The van der Waals surface area contributed by atoms with Gasteiger partial charge < -0.3 is 15.2 Å². The van der Waals surface area contributed by atoms with E-state index >= 15 is 0 Å². The number of hydrogen-bond donors (Lipinski definition) is 1. The summed E-state index contributed by atoms with van der Waals surface area (Å²) in [5.41, 5.74) is 7.10. The van der Waals surface area contributed by atoms with Crippen LogP contribution in [0.5, 0.6) is 0 Å². The molecule has 0 bridgehead atoms. The van der Waals surface area contributed by atoms with Crippen LogP contribution < -0.4 is 10.6 Å². The highest BCUT2D eigenvalue weighted by molar-refractivity contribution is 5.33. The topological polar surface area (TPSA) is 47.1 Å². The quantitative estimate of drug-likeness (QED) is 0.900. The Labute approximate surface area is 123 Å².